The third kappa shape index (κ3) is 6.38. The molecule has 0 radical (unpaired) electrons. The van der Waals surface area contributed by atoms with E-state index in [2.05, 4.69) is 16.3 Å². The van der Waals surface area contributed by atoms with Crippen LogP contribution in [0.3, 0.4) is 0 Å². The lowest BCUT2D eigenvalue weighted by Crippen LogP contribution is -2.37. The lowest BCUT2D eigenvalue weighted by atomic mass is 10.1. The molecule has 8 nitrogen and oxygen atoms in total. The molecule has 0 bridgehead atoms. The topological polar surface area (TPSA) is 85.7 Å². The first kappa shape index (κ1) is 25.6. The summed E-state index contributed by atoms with van der Waals surface area (Å²) in [5, 5.41) is 3.35. The van der Waals surface area contributed by atoms with E-state index in [0.717, 1.165) is 44.8 Å². The molecule has 4 rings (SSSR count). The van der Waals surface area contributed by atoms with Gasteiger partial charge in [0.25, 0.3) is 5.56 Å². The van der Waals surface area contributed by atoms with Gasteiger partial charge < -0.3 is 14.8 Å². The summed E-state index contributed by atoms with van der Waals surface area (Å²) in [6.45, 7) is 8.16. The zero-order valence-electron chi connectivity index (χ0n) is 21.2. The number of nitrogens with one attached hydrogen (secondary N) is 1. The summed E-state index contributed by atoms with van der Waals surface area (Å²) >= 11 is 0. The first-order valence-electron chi connectivity index (χ1n) is 12.4. The van der Waals surface area contributed by atoms with E-state index >= 15 is 0 Å². The van der Waals surface area contributed by atoms with E-state index in [9.17, 15) is 9.59 Å². The fourth-order valence-corrected chi connectivity index (χ4v) is 4.28. The van der Waals surface area contributed by atoms with Crippen molar-refractivity contribution in [2.75, 3.05) is 40.0 Å². The maximum Gasteiger partial charge on any atom is 0.262 e. The molecular weight excluding hydrogens is 456 g/mol. The van der Waals surface area contributed by atoms with Crippen LogP contribution in [0.4, 0.5) is 0 Å². The van der Waals surface area contributed by atoms with Gasteiger partial charge in [0.2, 0.25) is 5.91 Å². The molecule has 8 heteroatoms. The van der Waals surface area contributed by atoms with Gasteiger partial charge >= 0.3 is 0 Å². The molecule has 0 aliphatic carbocycles. The van der Waals surface area contributed by atoms with Crippen LogP contribution in [-0.2, 0) is 16.1 Å². The van der Waals surface area contributed by atoms with Crippen LogP contribution in [0.25, 0.3) is 28.4 Å². The van der Waals surface area contributed by atoms with Crippen molar-refractivity contribution in [1.29, 1.82) is 0 Å². The average molecular weight is 491 g/mol. The highest BCUT2D eigenvalue weighted by molar-refractivity contribution is 5.83. The minimum absolute atomic E-state index is 0.0314. The number of amides is 1. The van der Waals surface area contributed by atoms with Crippen molar-refractivity contribution in [1.82, 2.24) is 19.8 Å². The maximum absolute atomic E-state index is 13.7. The van der Waals surface area contributed by atoms with Crippen LogP contribution in [0.2, 0.25) is 0 Å². The summed E-state index contributed by atoms with van der Waals surface area (Å²) < 4.78 is 12.2. The van der Waals surface area contributed by atoms with Gasteiger partial charge in [0.15, 0.2) is 0 Å². The Morgan fingerprint density at radius 2 is 2.00 bits per heavy atom. The van der Waals surface area contributed by atoms with Crippen LogP contribution in [0, 0.1) is 0 Å². The van der Waals surface area contributed by atoms with Crippen LogP contribution in [-0.4, -0.2) is 66.4 Å². The van der Waals surface area contributed by atoms with Crippen LogP contribution in [0.15, 0.2) is 53.3 Å². The highest BCUT2D eigenvalue weighted by atomic mass is 16.5. The number of ether oxygens (including phenoxy) is 2. The van der Waals surface area contributed by atoms with Gasteiger partial charge in [-0.15, -0.1) is 0 Å². The Balaban J connectivity index is 1.66. The molecule has 1 N–H and O–H groups in total. The van der Waals surface area contributed by atoms with Gasteiger partial charge in [0.1, 0.15) is 18.1 Å². The zero-order chi connectivity index (χ0) is 25.5. The van der Waals surface area contributed by atoms with Crippen molar-refractivity contribution >= 4 is 22.9 Å². The molecule has 36 heavy (non-hydrogen) atoms. The zero-order valence-corrected chi connectivity index (χ0v) is 21.2. The van der Waals surface area contributed by atoms with Gasteiger partial charge in [-0.3, -0.25) is 19.1 Å². The van der Waals surface area contributed by atoms with Gasteiger partial charge in [0.05, 0.1) is 31.2 Å². The Morgan fingerprint density at radius 3 is 2.75 bits per heavy atom. The SMILES string of the molecule is COc1cccc(-c2nc3ccc(C=CCCN4CCOCC4)cc3c(=O)n2CC(=O)NC(C)C)c1. The fraction of sp³-hybridized carbons (Fsp3) is 0.393. The Kier molecular flexibility index (Phi) is 8.51. The quantitative estimate of drug-likeness (QED) is 0.495. The lowest BCUT2D eigenvalue weighted by molar-refractivity contribution is -0.122. The first-order valence-corrected chi connectivity index (χ1v) is 12.4. The highest BCUT2D eigenvalue weighted by Crippen LogP contribution is 2.24. The summed E-state index contributed by atoms with van der Waals surface area (Å²) in [5.74, 6) is 0.841. The molecule has 1 aliphatic rings. The second-order valence-electron chi connectivity index (χ2n) is 9.20. The Bertz CT molecular complexity index is 1290. The van der Waals surface area contributed by atoms with Crippen molar-refractivity contribution in [3.8, 4) is 17.1 Å². The molecule has 1 aromatic heterocycles. The molecule has 0 unspecified atom stereocenters. The molecule has 0 spiro atoms. The number of nitrogens with zero attached hydrogens (tertiary/aromatic N) is 3. The largest absolute Gasteiger partial charge is 0.497 e. The number of hydrogen-bond donors (Lipinski definition) is 1. The smallest absolute Gasteiger partial charge is 0.262 e. The predicted octanol–water partition coefficient (Wildman–Crippen LogP) is 3.33. The van der Waals surface area contributed by atoms with Crippen LogP contribution < -0.4 is 15.6 Å². The second-order valence-corrected chi connectivity index (χ2v) is 9.20. The van der Waals surface area contributed by atoms with E-state index < -0.39 is 0 Å². The molecule has 190 valence electrons. The van der Waals surface area contributed by atoms with E-state index in [0.29, 0.717) is 28.0 Å². The lowest BCUT2D eigenvalue weighted by Gasteiger charge is -2.25. The average Bonchev–Trinajstić information content (AvgIpc) is 2.88. The number of carbonyl (C=O) groups excluding carboxylic acids is 1. The molecule has 1 saturated heterocycles. The third-order valence-electron chi connectivity index (χ3n) is 6.08. The third-order valence-corrected chi connectivity index (χ3v) is 6.08. The standard InChI is InChI=1S/C28H34N4O4/c1-20(2)29-26(33)19-32-27(22-8-6-9-23(18-22)35-3)30-25-11-10-21(17-24(25)28(32)34)7-4-5-12-31-13-15-36-16-14-31/h4,6-11,17-18,20H,5,12-16,19H2,1-3H3,(H,29,33). The van der Waals surface area contributed by atoms with Crippen LogP contribution in [0.1, 0.15) is 25.8 Å². The summed E-state index contributed by atoms with van der Waals surface area (Å²) in [5.41, 5.74) is 1.97. The van der Waals surface area contributed by atoms with Gasteiger partial charge in [-0.2, -0.15) is 0 Å². The molecule has 0 atom stereocenters. The number of fused-ring (bicyclic) bond motifs is 1. The Hall–Kier alpha value is -3.49. The van der Waals surface area contributed by atoms with E-state index in [-0.39, 0.29) is 24.1 Å². The van der Waals surface area contributed by atoms with E-state index in [1.54, 1.807) is 7.11 Å². The van der Waals surface area contributed by atoms with Crippen LogP contribution in [0.5, 0.6) is 5.75 Å². The monoisotopic (exact) mass is 490 g/mol. The maximum atomic E-state index is 13.7. The first-order chi connectivity index (χ1) is 17.4. The Labute approximate surface area is 211 Å². The number of benzene rings is 2. The highest BCUT2D eigenvalue weighted by Gasteiger charge is 2.17. The number of carbonyl (C=O) groups is 1. The molecule has 0 saturated carbocycles. The molecule has 2 heterocycles. The summed E-state index contributed by atoms with van der Waals surface area (Å²) in [7, 11) is 1.59. The van der Waals surface area contributed by atoms with Crippen LogP contribution >= 0.6 is 0 Å². The van der Waals surface area contributed by atoms with Crippen molar-refractivity contribution in [2.24, 2.45) is 0 Å². The van der Waals surface area contributed by atoms with Gasteiger partial charge in [-0.05, 0) is 50.1 Å². The van der Waals surface area contributed by atoms with Gasteiger partial charge in [-0.25, -0.2) is 4.98 Å². The molecule has 3 aromatic rings. The summed E-state index contributed by atoms with van der Waals surface area (Å²) in [6, 6.07) is 13.0. The second kappa shape index (κ2) is 12.0. The minimum atomic E-state index is -0.250. The van der Waals surface area contributed by atoms with Gasteiger partial charge in [0, 0.05) is 31.2 Å². The van der Waals surface area contributed by atoms with Crippen molar-refractivity contribution in [3.05, 3.63) is 64.5 Å². The molecule has 1 amide bonds. The van der Waals surface area contributed by atoms with E-state index in [1.165, 1.54) is 4.57 Å². The van der Waals surface area contributed by atoms with Crippen molar-refractivity contribution in [3.63, 3.8) is 0 Å². The predicted molar refractivity (Wildman–Crippen MR) is 142 cm³/mol. The van der Waals surface area contributed by atoms with Crippen molar-refractivity contribution < 1.29 is 14.3 Å². The summed E-state index contributed by atoms with van der Waals surface area (Å²) in [6.07, 6.45) is 5.08. The molecular formula is C28H34N4O4. The molecule has 1 aliphatic heterocycles. The number of methoxy groups -OCH3 is 1. The van der Waals surface area contributed by atoms with Crippen molar-refractivity contribution in [2.45, 2.75) is 32.9 Å². The molecule has 2 aromatic carbocycles. The molecule has 1 fully saturated rings. The number of morpholine rings is 1. The number of rotatable bonds is 9. The summed E-state index contributed by atoms with van der Waals surface area (Å²) in [4.78, 5) is 33.5. The van der Waals surface area contributed by atoms with E-state index in [4.69, 9.17) is 14.5 Å². The number of aromatic nitrogens is 2. The van der Waals surface area contributed by atoms with E-state index in [1.807, 2.05) is 62.4 Å². The fourth-order valence-electron chi connectivity index (χ4n) is 4.28. The normalized spacial score (nSPS) is 14.6. The minimum Gasteiger partial charge on any atom is -0.497 e. The number of hydrogen-bond acceptors (Lipinski definition) is 6. The Morgan fingerprint density at radius 1 is 1.19 bits per heavy atom. The van der Waals surface area contributed by atoms with Gasteiger partial charge in [-0.1, -0.05) is 30.4 Å².